The third-order valence-electron chi connectivity index (χ3n) is 4.34. The van der Waals surface area contributed by atoms with Crippen LogP contribution in [-0.4, -0.2) is 40.5 Å². The normalized spacial score (nSPS) is 10.7. The first-order valence-electron chi connectivity index (χ1n) is 9.32. The summed E-state index contributed by atoms with van der Waals surface area (Å²) in [5.74, 6) is -1.12. The Balaban J connectivity index is 2.05. The zero-order valence-corrected chi connectivity index (χ0v) is 16.4. The summed E-state index contributed by atoms with van der Waals surface area (Å²) in [5, 5.41) is 6.64. The van der Waals surface area contributed by atoms with Crippen molar-refractivity contribution >= 4 is 5.91 Å². The van der Waals surface area contributed by atoms with E-state index in [0.29, 0.717) is 24.3 Å². The van der Waals surface area contributed by atoms with Gasteiger partial charge in [0.25, 0.3) is 11.5 Å². The van der Waals surface area contributed by atoms with E-state index in [2.05, 4.69) is 10.4 Å². The van der Waals surface area contributed by atoms with Crippen LogP contribution in [0.15, 0.2) is 64.2 Å². The maximum atomic E-state index is 13.2. The third-order valence-corrected chi connectivity index (χ3v) is 4.34. The number of rotatable bonds is 8. The number of benzene rings is 2. The van der Waals surface area contributed by atoms with Crippen LogP contribution >= 0.6 is 0 Å². The van der Waals surface area contributed by atoms with Crippen LogP contribution in [0, 0.1) is 5.82 Å². The van der Waals surface area contributed by atoms with Crippen LogP contribution in [0.3, 0.4) is 0 Å². The minimum Gasteiger partial charge on any atom is -0.385 e. The Bertz CT molecular complexity index is 1120. The molecule has 0 saturated carbocycles. The molecule has 0 unspecified atom stereocenters. The number of nitrogens with one attached hydrogen (secondary N) is 1. The van der Waals surface area contributed by atoms with Crippen LogP contribution in [0.4, 0.5) is 4.39 Å². The smallest absolute Gasteiger partial charge is 0.352 e. The van der Waals surface area contributed by atoms with E-state index in [-0.39, 0.29) is 13.1 Å². The van der Waals surface area contributed by atoms with E-state index in [1.165, 1.54) is 24.3 Å². The molecule has 156 valence electrons. The molecular formula is C21H21FN4O4. The molecule has 3 rings (SSSR count). The molecule has 0 bridgehead atoms. The predicted octanol–water partition coefficient (Wildman–Crippen LogP) is 1.35. The topological polar surface area (TPSA) is 95.2 Å². The summed E-state index contributed by atoms with van der Waals surface area (Å²) in [7, 11) is 1.55. The molecule has 2 aromatic carbocycles. The summed E-state index contributed by atoms with van der Waals surface area (Å²) >= 11 is 0. The van der Waals surface area contributed by atoms with Gasteiger partial charge in [0.05, 0.1) is 12.2 Å². The first-order chi connectivity index (χ1) is 14.5. The van der Waals surface area contributed by atoms with Gasteiger partial charge in [0.15, 0.2) is 0 Å². The Morgan fingerprint density at radius 3 is 2.47 bits per heavy atom. The zero-order valence-electron chi connectivity index (χ0n) is 16.4. The van der Waals surface area contributed by atoms with Gasteiger partial charge in [0.2, 0.25) is 5.69 Å². The van der Waals surface area contributed by atoms with Crippen LogP contribution in [0.5, 0.6) is 0 Å². The fourth-order valence-corrected chi connectivity index (χ4v) is 2.81. The van der Waals surface area contributed by atoms with Crippen molar-refractivity contribution in [1.29, 1.82) is 0 Å². The molecule has 0 spiro atoms. The first kappa shape index (κ1) is 21.1. The number of methoxy groups -OCH3 is 1. The fraction of sp³-hybridized carbons (Fsp3) is 0.238. The second-order valence-electron chi connectivity index (χ2n) is 6.50. The van der Waals surface area contributed by atoms with Gasteiger partial charge < -0.3 is 10.1 Å². The summed E-state index contributed by atoms with van der Waals surface area (Å²) in [6, 6.07) is 13.9. The summed E-state index contributed by atoms with van der Waals surface area (Å²) in [4.78, 5) is 38.5. The molecule has 0 radical (unpaired) electrons. The highest BCUT2D eigenvalue weighted by Gasteiger charge is 2.20. The van der Waals surface area contributed by atoms with Crippen LogP contribution < -0.4 is 16.6 Å². The average molecular weight is 412 g/mol. The Morgan fingerprint density at radius 2 is 1.80 bits per heavy atom. The van der Waals surface area contributed by atoms with Crippen LogP contribution in [0.1, 0.15) is 22.5 Å². The monoisotopic (exact) mass is 412 g/mol. The molecule has 0 fully saturated rings. The van der Waals surface area contributed by atoms with Gasteiger partial charge in [-0.1, -0.05) is 30.3 Å². The second-order valence-corrected chi connectivity index (χ2v) is 6.50. The molecule has 9 heteroatoms. The molecule has 8 nitrogen and oxygen atoms in total. The number of carbonyl (C=O) groups excluding carboxylic acids is 1. The van der Waals surface area contributed by atoms with Crippen LogP contribution in [0.25, 0.3) is 5.69 Å². The van der Waals surface area contributed by atoms with Gasteiger partial charge in [0, 0.05) is 20.3 Å². The fourth-order valence-electron chi connectivity index (χ4n) is 2.81. The van der Waals surface area contributed by atoms with E-state index in [9.17, 15) is 18.8 Å². The maximum absolute atomic E-state index is 13.2. The lowest BCUT2D eigenvalue weighted by Crippen LogP contribution is -2.46. The molecule has 1 aromatic heterocycles. The molecule has 0 aliphatic rings. The number of hydrogen-bond donors (Lipinski definition) is 1. The molecule has 0 atom stereocenters. The number of nitrogens with zero attached hydrogens (tertiary/aromatic N) is 3. The van der Waals surface area contributed by atoms with Crippen molar-refractivity contribution in [2.45, 2.75) is 13.0 Å². The van der Waals surface area contributed by atoms with E-state index < -0.39 is 28.7 Å². The number of hydrogen-bond acceptors (Lipinski definition) is 5. The second kappa shape index (κ2) is 9.75. The number of aromatic nitrogens is 3. The Labute approximate surface area is 171 Å². The van der Waals surface area contributed by atoms with E-state index in [0.717, 1.165) is 9.25 Å². The summed E-state index contributed by atoms with van der Waals surface area (Å²) in [5.41, 5.74) is -0.984. The summed E-state index contributed by atoms with van der Waals surface area (Å²) in [6.45, 7) is 0.611. The van der Waals surface area contributed by atoms with Crippen molar-refractivity contribution in [3.05, 3.63) is 92.5 Å². The molecule has 0 aliphatic carbocycles. The van der Waals surface area contributed by atoms with E-state index in [1.807, 2.05) is 0 Å². The van der Waals surface area contributed by atoms with Gasteiger partial charge in [-0.25, -0.2) is 9.18 Å². The largest absolute Gasteiger partial charge is 0.385 e. The molecule has 1 N–H and O–H groups in total. The van der Waals surface area contributed by atoms with E-state index in [4.69, 9.17) is 4.74 Å². The Hall–Kier alpha value is -3.59. The van der Waals surface area contributed by atoms with Crippen molar-refractivity contribution in [3.8, 4) is 5.69 Å². The van der Waals surface area contributed by atoms with Crippen LogP contribution in [-0.2, 0) is 11.3 Å². The number of para-hydroxylation sites is 1. The number of ether oxygens (including phenoxy) is 1. The molecule has 3 aromatic rings. The highest BCUT2D eigenvalue weighted by Crippen LogP contribution is 2.05. The third kappa shape index (κ3) is 4.87. The minimum atomic E-state index is -0.819. The van der Waals surface area contributed by atoms with Gasteiger partial charge in [-0.2, -0.15) is 9.78 Å². The first-order valence-corrected chi connectivity index (χ1v) is 9.32. The standard InChI is InChI=1S/C21H21FN4O4/c1-30-13-5-12-23-19(27)18-20(28)25(14-15-8-10-16(22)11-9-15)21(29)26(24-18)17-6-3-2-4-7-17/h2-4,6-11H,5,12-14H2,1H3,(H,23,27). The van der Waals surface area contributed by atoms with Crippen molar-refractivity contribution in [2.75, 3.05) is 20.3 Å². The maximum Gasteiger partial charge on any atom is 0.352 e. The molecular weight excluding hydrogens is 391 g/mol. The summed E-state index contributed by atoms with van der Waals surface area (Å²) < 4.78 is 20.1. The van der Waals surface area contributed by atoms with Crippen molar-refractivity contribution in [2.24, 2.45) is 0 Å². The van der Waals surface area contributed by atoms with Gasteiger partial charge >= 0.3 is 5.69 Å². The highest BCUT2D eigenvalue weighted by molar-refractivity contribution is 5.91. The molecule has 0 saturated heterocycles. The average Bonchev–Trinajstić information content (AvgIpc) is 2.76. The van der Waals surface area contributed by atoms with E-state index >= 15 is 0 Å². The van der Waals surface area contributed by atoms with Gasteiger partial charge in [0.1, 0.15) is 5.82 Å². The van der Waals surface area contributed by atoms with Crippen LogP contribution in [0.2, 0.25) is 0 Å². The van der Waals surface area contributed by atoms with Gasteiger partial charge in [-0.15, -0.1) is 0 Å². The Morgan fingerprint density at radius 1 is 1.10 bits per heavy atom. The lowest BCUT2D eigenvalue weighted by atomic mass is 10.2. The molecule has 1 amide bonds. The van der Waals surface area contributed by atoms with Crippen molar-refractivity contribution in [1.82, 2.24) is 19.7 Å². The predicted molar refractivity (Wildman–Crippen MR) is 108 cm³/mol. The molecule has 0 aliphatic heterocycles. The van der Waals surface area contributed by atoms with Gasteiger partial charge in [-0.05, 0) is 36.2 Å². The lowest BCUT2D eigenvalue weighted by molar-refractivity contribution is 0.0938. The van der Waals surface area contributed by atoms with Crippen molar-refractivity contribution in [3.63, 3.8) is 0 Å². The Kier molecular flexibility index (Phi) is 6.87. The van der Waals surface area contributed by atoms with Gasteiger partial charge in [-0.3, -0.25) is 14.2 Å². The van der Waals surface area contributed by atoms with E-state index in [1.54, 1.807) is 37.4 Å². The lowest BCUT2D eigenvalue weighted by Gasteiger charge is -2.12. The quantitative estimate of drug-likeness (QED) is 0.564. The highest BCUT2D eigenvalue weighted by atomic mass is 19.1. The van der Waals surface area contributed by atoms with Crippen molar-refractivity contribution < 1.29 is 13.9 Å². The number of amides is 1. The number of carbonyl (C=O) groups is 1. The zero-order chi connectivity index (χ0) is 21.5. The SMILES string of the molecule is COCCCNC(=O)c1nn(-c2ccccc2)c(=O)n(Cc2ccc(F)cc2)c1=O. The summed E-state index contributed by atoms with van der Waals surface area (Å²) in [6.07, 6.45) is 0.560. The number of halogens is 1. The molecule has 30 heavy (non-hydrogen) atoms. The minimum absolute atomic E-state index is 0.128. The molecule has 1 heterocycles.